The Morgan fingerprint density at radius 1 is 1.16 bits per heavy atom. The van der Waals surface area contributed by atoms with Crippen LogP contribution in [0.3, 0.4) is 0 Å². The molecule has 0 saturated carbocycles. The molecule has 0 atom stereocenters. The first-order chi connectivity index (χ1) is 12.1. The second-order valence-corrected chi connectivity index (χ2v) is 6.23. The van der Waals surface area contributed by atoms with E-state index in [0.717, 1.165) is 12.0 Å². The predicted molar refractivity (Wildman–Crippen MR) is 96.0 cm³/mol. The van der Waals surface area contributed by atoms with Crippen molar-refractivity contribution < 1.29 is 9.59 Å². The van der Waals surface area contributed by atoms with Crippen molar-refractivity contribution in [3.05, 3.63) is 46.6 Å². The maximum atomic E-state index is 12.3. The number of nitrogens with zero attached hydrogens (tertiary/aromatic N) is 4. The highest BCUT2D eigenvalue weighted by Gasteiger charge is 2.18. The van der Waals surface area contributed by atoms with Gasteiger partial charge in [-0.15, -0.1) is 10.2 Å². The topological polar surface area (TPSA) is 78.4 Å². The Balaban J connectivity index is 1.64. The van der Waals surface area contributed by atoms with Crippen LogP contribution in [0.1, 0.15) is 16.1 Å². The molecule has 1 aromatic heterocycles. The largest absolute Gasteiger partial charge is 0.352 e. The summed E-state index contributed by atoms with van der Waals surface area (Å²) in [4.78, 5) is 26.8. The summed E-state index contributed by atoms with van der Waals surface area (Å²) >= 11 is 6.06. The minimum Gasteiger partial charge on any atom is -0.352 e. The lowest BCUT2D eigenvalue weighted by Crippen LogP contribution is -2.46. The molecule has 0 spiro atoms. The smallest absolute Gasteiger partial charge is 0.276 e. The van der Waals surface area contributed by atoms with E-state index >= 15 is 0 Å². The summed E-state index contributed by atoms with van der Waals surface area (Å²) < 4.78 is 0. The van der Waals surface area contributed by atoms with Crippen LogP contribution in [0.5, 0.6) is 0 Å². The summed E-state index contributed by atoms with van der Waals surface area (Å²) in [7, 11) is 0. The molecule has 25 heavy (non-hydrogen) atoms. The normalized spacial score (nSPS) is 14.3. The number of piperazine rings is 1. The first-order valence-corrected chi connectivity index (χ1v) is 8.30. The number of rotatable bonds is 4. The molecule has 1 aliphatic heterocycles. The zero-order valence-corrected chi connectivity index (χ0v) is 14.5. The van der Waals surface area contributed by atoms with E-state index in [4.69, 9.17) is 11.6 Å². The molecule has 7 nitrogen and oxygen atoms in total. The minimum atomic E-state index is -0.343. The first-order valence-electron chi connectivity index (χ1n) is 7.92. The van der Waals surface area contributed by atoms with Crippen LogP contribution in [0.4, 0.5) is 11.5 Å². The summed E-state index contributed by atoms with van der Waals surface area (Å²) in [5, 5.41) is 11.5. The number of nitrogens with one attached hydrogen (secondary N) is 1. The van der Waals surface area contributed by atoms with E-state index in [0.29, 0.717) is 42.7 Å². The van der Waals surface area contributed by atoms with Gasteiger partial charge in [-0.2, -0.15) is 0 Å². The average molecular weight is 360 g/mol. The van der Waals surface area contributed by atoms with Crippen LogP contribution in [0.25, 0.3) is 0 Å². The highest BCUT2D eigenvalue weighted by Crippen LogP contribution is 2.20. The van der Waals surface area contributed by atoms with Crippen molar-refractivity contribution in [3.8, 4) is 0 Å². The summed E-state index contributed by atoms with van der Waals surface area (Å²) in [5.41, 5.74) is 1.78. The number of halogens is 1. The van der Waals surface area contributed by atoms with E-state index in [1.165, 1.54) is 0 Å². The van der Waals surface area contributed by atoms with E-state index in [1.807, 2.05) is 17.9 Å². The summed E-state index contributed by atoms with van der Waals surface area (Å²) in [6.45, 7) is 4.60. The van der Waals surface area contributed by atoms with Crippen molar-refractivity contribution in [2.45, 2.75) is 6.92 Å². The van der Waals surface area contributed by atoms with Gasteiger partial charge in [-0.25, -0.2) is 0 Å². The molecule has 2 amide bonds. The Hall–Kier alpha value is -2.67. The number of anilines is 2. The van der Waals surface area contributed by atoms with E-state index in [-0.39, 0.29) is 11.6 Å². The molecule has 2 heterocycles. The van der Waals surface area contributed by atoms with Gasteiger partial charge in [0.2, 0.25) is 6.41 Å². The fraction of sp³-hybridized carbons (Fsp3) is 0.294. The Bertz CT molecular complexity index is 773. The Kier molecular flexibility index (Phi) is 5.14. The summed E-state index contributed by atoms with van der Waals surface area (Å²) in [6, 6.07) is 8.72. The molecule has 0 radical (unpaired) electrons. The van der Waals surface area contributed by atoms with Crippen LogP contribution >= 0.6 is 11.6 Å². The number of carbonyl (C=O) groups excluding carboxylic acids is 2. The summed E-state index contributed by atoms with van der Waals surface area (Å²) in [5.74, 6) is 0.352. The first kappa shape index (κ1) is 17.2. The molecule has 1 N–H and O–H groups in total. The number of hydrogen-bond acceptors (Lipinski definition) is 5. The molecular weight excluding hydrogens is 342 g/mol. The fourth-order valence-corrected chi connectivity index (χ4v) is 2.72. The molecule has 0 aliphatic carbocycles. The average Bonchev–Trinajstić information content (AvgIpc) is 2.65. The van der Waals surface area contributed by atoms with Crippen molar-refractivity contribution in [3.63, 3.8) is 0 Å². The van der Waals surface area contributed by atoms with E-state index in [1.54, 1.807) is 29.2 Å². The molecule has 0 bridgehead atoms. The number of aryl methyl sites for hydroxylation is 1. The fourth-order valence-electron chi connectivity index (χ4n) is 2.54. The van der Waals surface area contributed by atoms with Crippen molar-refractivity contribution in [2.75, 3.05) is 36.4 Å². The standard InChI is InChI=1S/C17H18ClN5O2/c1-12-2-3-13(10-14(12)18)19-17(25)15-4-5-16(21-20-15)23-8-6-22(11-24)7-9-23/h2-5,10-11H,6-9H2,1H3,(H,19,25). The lowest BCUT2D eigenvalue weighted by molar-refractivity contribution is -0.118. The van der Waals surface area contributed by atoms with E-state index in [9.17, 15) is 9.59 Å². The Morgan fingerprint density at radius 2 is 1.92 bits per heavy atom. The third-order valence-electron chi connectivity index (χ3n) is 4.10. The lowest BCUT2D eigenvalue weighted by atomic mass is 10.2. The molecule has 1 aliphatic rings. The quantitative estimate of drug-likeness (QED) is 0.844. The van der Waals surface area contributed by atoms with Crippen molar-refractivity contribution in [1.82, 2.24) is 15.1 Å². The second kappa shape index (κ2) is 7.48. The maximum absolute atomic E-state index is 12.3. The number of benzene rings is 1. The van der Waals surface area contributed by atoms with Gasteiger partial charge in [0.25, 0.3) is 5.91 Å². The second-order valence-electron chi connectivity index (χ2n) is 5.82. The maximum Gasteiger partial charge on any atom is 0.276 e. The molecule has 130 valence electrons. The molecule has 1 fully saturated rings. The molecular formula is C17H18ClN5O2. The predicted octanol–water partition coefficient (Wildman–Crippen LogP) is 1.97. The van der Waals surface area contributed by atoms with Crippen molar-refractivity contribution >= 4 is 35.4 Å². The Labute approximate surface area is 150 Å². The van der Waals surface area contributed by atoms with Crippen LogP contribution in [0.15, 0.2) is 30.3 Å². The van der Waals surface area contributed by atoms with Crippen LogP contribution in [0, 0.1) is 6.92 Å². The lowest BCUT2D eigenvalue weighted by Gasteiger charge is -2.32. The van der Waals surface area contributed by atoms with Gasteiger partial charge in [0, 0.05) is 36.9 Å². The van der Waals surface area contributed by atoms with Crippen LogP contribution in [0.2, 0.25) is 5.02 Å². The Morgan fingerprint density at radius 3 is 2.52 bits per heavy atom. The molecule has 3 rings (SSSR count). The molecule has 2 aromatic rings. The van der Waals surface area contributed by atoms with Gasteiger partial charge < -0.3 is 15.1 Å². The zero-order chi connectivity index (χ0) is 17.8. The van der Waals surface area contributed by atoms with Crippen molar-refractivity contribution in [2.24, 2.45) is 0 Å². The molecule has 1 aromatic carbocycles. The number of hydrogen-bond donors (Lipinski definition) is 1. The monoisotopic (exact) mass is 359 g/mol. The van der Waals surface area contributed by atoms with Gasteiger partial charge in [-0.3, -0.25) is 9.59 Å². The third kappa shape index (κ3) is 4.06. The highest BCUT2D eigenvalue weighted by atomic mass is 35.5. The third-order valence-corrected chi connectivity index (χ3v) is 4.51. The van der Waals surface area contributed by atoms with Crippen LogP contribution in [-0.2, 0) is 4.79 Å². The van der Waals surface area contributed by atoms with Gasteiger partial charge in [0.15, 0.2) is 11.5 Å². The highest BCUT2D eigenvalue weighted by molar-refractivity contribution is 6.31. The van der Waals surface area contributed by atoms with Gasteiger partial charge in [-0.1, -0.05) is 17.7 Å². The van der Waals surface area contributed by atoms with Crippen LogP contribution in [-0.4, -0.2) is 53.6 Å². The van der Waals surface area contributed by atoms with Crippen molar-refractivity contribution in [1.29, 1.82) is 0 Å². The van der Waals surface area contributed by atoms with Gasteiger partial charge in [0.05, 0.1) is 0 Å². The van der Waals surface area contributed by atoms with Gasteiger partial charge >= 0.3 is 0 Å². The van der Waals surface area contributed by atoms with E-state index in [2.05, 4.69) is 15.5 Å². The molecule has 0 unspecified atom stereocenters. The number of aromatic nitrogens is 2. The van der Waals surface area contributed by atoms with Gasteiger partial charge in [-0.05, 0) is 36.8 Å². The number of carbonyl (C=O) groups is 2. The van der Waals surface area contributed by atoms with Crippen LogP contribution < -0.4 is 10.2 Å². The summed E-state index contributed by atoms with van der Waals surface area (Å²) in [6.07, 6.45) is 0.855. The minimum absolute atomic E-state index is 0.229. The molecule has 1 saturated heterocycles. The van der Waals surface area contributed by atoms with E-state index < -0.39 is 0 Å². The zero-order valence-electron chi connectivity index (χ0n) is 13.8. The molecule has 8 heteroatoms. The van der Waals surface area contributed by atoms with Gasteiger partial charge in [0.1, 0.15) is 0 Å². The number of amides is 2. The SMILES string of the molecule is Cc1ccc(NC(=O)c2ccc(N3CCN(C=O)CC3)nn2)cc1Cl.